The first-order valence-electron chi connectivity index (χ1n) is 10.6. The van der Waals surface area contributed by atoms with Crippen molar-refractivity contribution in [3.63, 3.8) is 0 Å². The Morgan fingerprint density at radius 3 is 2.66 bits per heavy atom. The van der Waals surface area contributed by atoms with Crippen LogP contribution in [0.25, 0.3) is 0 Å². The van der Waals surface area contributed by atoms with Crippen LogP contribution in [-0.2, 0) is 14.4 Å². The Kier molecular flexibility index (Phi) is 6.24. The summed E-state index contributed by atoms with van der Waals surface area (Å²) >= 11 is 0. The molecule has 0 unspecified atom stereocenters. The molecule has 0 saturated heterocycles. The van der Waals surface area contributed by atoms with E-state index in [-0.39, 0.29) is 42.8 Å². The molecule has 0 bridgehead atoms. The molecule has 1 N–H and O–H groups in total. The van der Waals surface area contributed by atoms with E-state index < -0.39 is 5.54 Å². The van der Waals surface area contributed by atoms with Crippen molar-refractivity contribution < 1.29 is 14.4 Å². The van der Waals surface area contributed by atoms with Gasteiger partial charge >= 0.3 is 0 Å². The Bertz CT molecular complexity index is 777. The maximum Gasteiger partial charge on any atom is 0.250 e. The van der Waals surface area contributed by atoms with E-state index >= 15 is 0 Å². The number of hydrogen-bond acceptors (Lipinski definition) is 4. The molecule has 3 aliphatic rings. The highest BCUT2D eigenvalue weighted by Gasteiger charge is 2.49. The third kappa shape index (κ3) is 4.43. The summed E-state index contributed by atoms with van der Waals surface area (Å²) in [5.74, 6) is -0.118. The first-order chi connectivity index (χ1) is 13.7. The average molecular weight is 401 g/mol. The summed E-state index contributed by atoms with van der Waals surface area (Å²) in [5, 5.41) is 2.89. The minimum atomic E-state index is -1.09. The van der Waals surface area contributed by atoms with Gasteiger partial charge in [-0.3, -0.25) is 14.4 Å². The molecule has 3 amide bonds. The first kappa shape index (κ1) is 21.3. The van der Waals surface area contributed by atoms with Gasteiger partial charge in [-0.15, -0.1) is 0 Å². The summed E-state index contributed by atoms with van der Waals surface area (Å²) in [5.41, 5.74) is -0.239. The third-order valence-corrected chi connectivity index (χ3v) is 5.92. The van der Waals surface area contributed by atoms with Gasteiger partial charge in [-0.2, -0.15) is 4.99 Å². The summed E-state index contributed by atoms with van der Waals surface area (Å²) in [6, 6.07) is 0.0306. The van der Waals surface area contributed by atoms with Crippen LogP contribution in [0.3, 0.4) is 0 Å². The van der Waals surface area contributed by atoms with Crippen molar-refractivity contribution in [2.45, 2.75) is 83.8 Å². The summed E-state index contributed by atoms with van der Waals surface area (Å²) in [6.07, 6.45) is 10.6. The van der Waals surface area contributed by atoms with Gasteiger partial charge in [0.2, 0.25) is 11.8 Å². The highest BCUT2D eigenvalue weighted by atomic mass is 16.2. The summed E-state index contributed by atoms with van der Waals surface area (Å²) < 4.78 is 0. The van der Waals surface area contributed by atoms with Gasteiger partial charge in [0.15, 0.2) is 0 Å². The quantitative estimate of drug-likeness (QED) is 0.769. The van der Waals surface area contributed by atoms with E-state index in [4.69, 9.17) is 0 Å². The fourth-order valence-electron chi connectivity index (χ4n) is 4.46. The number of allylic oxidation sites excluding steroid dienone is 2. The van der Waals surface area contributed by atoms with Gasteiger partial charge in [0.1, 0.15) is 11.4 Å². The van der Waals surface area contributed by atoms with Crippen LogP contribution in [0.1, 0.15) is 66.2 Å². The van der Waals surface area contributed by atoms with Crippen molar-refractivity contribution in [3.05, 3.63) is 23.9 Å². The number of aliphatic imine (C=N–C) groups is 1. The van der Waals surface area contributed by atoms with Gasteiger partial charge in [-0.1, -0.05) is 25.3 Å². The molecule has 0 aromatic carbocycles. The normalized spacial score (nSPS) is 24.7. The smallest absolute Gasteiger partial charge is 0.250 e. The molecule has 1 atom stereocenters. The van der Waals surface area contributed by atoms with Crippen molar-refractivity contribution in [2.24, 2.45) is 4.99 Å². The fraction of sp³-hybridized carbons (Fsp3) is 0.636. The van der Waals surface area contributed by atoms with Crippen LogP contribution in [0.15, 0.2) is 28.9 Å². The lowest BCUT2D eigenvalue weighted by molar-refractivity contribution is -0.149. The summed E-state index contributed by atoms with van der Waals surface area (Å²) in [6.45, 7) is 7.50. The van der Waals surface area contributed by atoms with E-state index in [9.17, 15) is 14.4 Å². The molecule has 7 nitrogen and oxygen atoms in total. The van der Waals surface area contributed by atoms with Gasteiger partial charge in [-0.25, -0.2) is 0 Å². The SMILES string of the molecule is CC1=CC=CN2C1=NC(=O)C[C@@]2(C)C(=O)N(CC(=O)NC(C)C)C1CCCCC1. The summed E-state index contributed by atoms with van der Waals surface area (Å²) in [7, 11) is 0. The molecular weight excluding hydrogens is 368 g/mol. The zero-order valence-electron chi connectivity index (χ0n) is 17.9. The Hall–Kier alpha value is -2.44. The molecule has 7 heteroatoms. The zero-order valence-corrected chi connectivity index (χ0v) is 17.9. The monoisotopic (exact) mass is 400 g/mol. The highest BCUT2D eigenvalue weighted by molar-refractivity contribution is 6.12. The number of amides is 3. The van der Waals surface area contributed by atoms with E-state index in [2.05, 4.69) is 10.3 Å². The van der Waals surface area contributed by atoms with Gasteiger partial charge in [0.25, 0.3) is 5.91 Å². The molecule has 0 spiro atoms. The predicted molar refractivity (Wildman–Crippen MR) is 112 cm³/mol. The molecule has 1 saturated carbocycles. The van der Waals surface area contributed by atoms with E-state index in [0.29, 0.717) is 5.84 Å². The number of carbonyl (C=O) groups excluding carboxylic acids is 3. The van der Waals surface area contributed by atoms with Crippen molar-refractivity contribution in [3.8, 4) is 0 Å². The van der Waals surface area contributed by atoms with Crippen LogP contribution in [0, 0.1) is 0 Å². The fourth-order valence-corrected chi connectivity index (χ4v) is 4.46. The minimum Gasteiger partial charge on any atom is -0.352 e. The maximum absolute atomic E-state index is 13.9. The number of nitrogens with one attached hydrogen (secondary N) is 1. The molecule has 0 aromatic rings. The maximum atomic E-state index is 13.9. The highest BCUT2D eigenvalue weighted by Crippen LogP contribution is 2.34. The molecule has 2 aliphatic heterocycles. The molecule has 3 rings (SSSR count). The van der Waals surface area contributed by atoms with E-state index in [1.165, 1.54) is 0 Å². The van der Waals surface area contributed by atoms with Crippen LogP contribution in [-0.4, -0.2) is 57.5 Å². The Morgan fingerprint density at radius 1 is 1.31 bits per heavy atom. The van der Waals surface area contributed by atoms with Crippen LogP contribution >= 0.6 is 0 Å². The Morgan fingerprint density at radius 2 is 2.00 bits per heavy atom. The second-order valence-corrected chi connectivity index (χ2v) is 8.79. The second kappa shape index (κ2) is 8.51. The van der Waals surface area contributed by atoms with Gasteiger partial charge in [-0.05, 0) is 52.2 Å². The van der Waals surface area contributed by atoms with Crippen LogP contribution in [0.4, 0.5) is 0 Å². The van der Waals surface area contributed by atoms with Crippen molar-refractivity contribution >= 4 is 23.6 Å². The van der Waals surface area contributed by atoms with Gasteiger partial charge in [0.05, 0.1) is 13.0 Å². The average Bonchev–Trinajstić information content (AvgIpc) is 2.66. The molecule has 158 valence electrons. The molecule has 1 aliphatic carbocycles. The minimum absolute atomic E-state index is 0.00196. The lowest BCUT2D eigenvalue weighted by Gasteiger charge is -2.47. The van der Waals surface area contributed by atoms with Crippen molar-refractivity contribution in [2.75, 3.05) is 6.54 Å². The number of rotatable bonds is 5. The van der Waals surface area contributed by atoms with Gasteiger partial charge < -0.3 is 15.1 Å². The number of carbonyl (C=O) groups is 3. The molecule has 0 radical (unpaired) electrons. The molecule has 2 heterocycles. The second-order valence-electron chi connectivity index (χ2n) is 8.79. The number of nitrogens with zero attached hydrogens (tertiary/aromatic N) is 3. The Labute approximate surface area is 172 Å². The number of fused-ring (bicyclic) bond motifs is 1. The van der Waals surface area contributed by atoms with Crippen LogP contribution in [0.2, 0.25) is 0 Å². The van der Waals surface area contributed by atoms with E-state index in [0.717, 1.165) is 37.7 Å². The van der Waals surface area contributed by atoms with Crippen LogP contribution < -0.4 is 5.32 Å². The number of amidine groups is 1. The third-order valence-electron chi connectivity index (χ3n) is 5.92. The largest absolute Gasteiger partial charge is 0.352 e. The number of hydrogen-bond donors (Lipinski definition) is 1. The first-order valence-corrected chi connectivity index (χ1v) is 10.6. The topological polar surface area (TPSA) is 82.1 Å². The lowest BCUT2D eigenvalue weighted by atomic mass is 9.87. The standard InChI is InChI=1S/C22H32N4O3/c1-15(2)23-19(28)14-25(17-10-6-5-7-11-17)21(29)22(4)13-18(27)24-20-16(3)9-8-12-26(20)22/h8-9,12,15,17H,5-7,10-11,13-14H2,1-4H3,(H,23,28)/t22-/m0/s1. The van der Waals surface area contributed by atoms with Crippen molar-refractivity contribution in [1.29, 1.82) is 0 Å². The predicted octanol–water partition coefficient (Wildman–Crippen LogP) is 2.54. The lowest BCUT2D eigenvalue weighted by Crippen LogP contribution is -2.63. The zero-order chi connectivity index (χ0) is 21.2. The van der Waals surface area contributed by atoms with E-state index in [1.807, 2.05) is 44.0 Å². The Balaban J connectivity index is 1.92. The molecular formula is C22H32N4O3. The van der Waals surface area contributed by atoms with Gasteiger partial charge in [0, 0.05) is 18.3 Å². The van der Waals surface area contributed by atoms with Crippen LogP contribution in [0.5, 0.6) is 0 Å². The molecule has 1 fully saturated rings. The van der Waals surface area contributed by atoms with Crippen molar-refractivity contribution in [1.82, 2.24) is 15.1 Å². The molecule has 29 heavy (non-hydrogen) atoms. The van der Waals surface area contributed by atoms with E-state index in [1.54, 1.807) is 11.8 Å². The summed E-state index contributed by atoms with van der Waals surface area (Å²) in [4.78, 5) is 46.6. The molecule has 0 aromatic heterocycles.